The van der Waals surface area contributed by atoms with Gasteiger partial charge in [-0.25, -0.2) is 9.18 Å². The Labute approximate surface area is 158 Å². The molecule has 6 heteroatoms. The SMILES string of the molecule is CCOC(=O)C(Cc1ccc(F)c(C(O)C(C)(C)[Si+](C)C)c1)OC(C)C. The zero-order valence-electron chi connectivity index (χ0n) is 16.9. The van der Waals surface area contributed by atoms with Gasteiger partial charge < -0.3 is 14.6 Å². The van der Waals surface area contributed by atoms with Gasteiger partial charge >= 0.3 is 14.8 Å². The van der Waals surface area contributed by atoms with Gasteiger partial charge in [-0.15, -0.1) is 0 Å². The predicted octanol–water partition coefficient (Wildman–Crippen LogP) is 4.29. The fourth-order valence-electron chi connectivity index (χ4n) is 2.56. The largest absolute Gasteiger partial charge is 0.464 e. The van der Waals surface area contributed by atoms with Crippen LogP contribution >= 0.6 is 0 Å². The zero-order valence-corrected chi connectivity index (χ0v) is 17.9. The van der Waals surface area contributed by atoms with Crippen LogP contribution in [0.25, 0.3) is 0 Å². The Bertz CT molecular complexity index is 601. The number of carbonyl (C=O) groups excluding carboxylic acids is 1. The van der Waals surface area contributed by atoms with Crippen molar-refractivity contribution in [1.82, 2.24) is 0 Å². The molecule has 0 aromatic heterocycles. The lowest BCUT2D eigenvalue weighted by molar-refractivity contribution is -0.159. The predicted molar refractivity (Wildman–Crippen MR) is 103 cm³/mol. The number of halogens is 1. The van der Waals surface area contributed by atoms with Crippen LogP contribution in [0.15, 0.2) is 18.2 Å². The van der Waals surface area contributed by atoms with Crippen molar-refractivity contribution in [3.05, 3.63) is 35.1 Å². The van der Waals surface area contributed by atoms with Gasteiger partial charge in [0.25, 0.3) is 0 Å². The molecule has 0 bridgehead atoms. The lowest BCUT2D eigenvalue weighted by atomic mass is 9.94. The van der Waals surface area contributed by atoms with Gasteiger partial charge in [0.2, 0.25) is 0 Å². The van der Waals surface area contributed by atoms with Crippen LogP contribution in [-0.2, 0) is 20.7 Å². The van der Waals surface area contributed by atoms with Gasteiger partial charge in [0.1, 0.15) is 17.0 Å². The highest BCUT2D eigenvalue weighted by atomic mass is 28.3. The number of carbonyl (C=O) groups is 1. The highest BCUT2D eigenvalue weighted by molar-refractivity contribution is 6.59. The van der Waals surface area contributed by atoms with E-state index in [4.69, 9.17) is 9.47 Å². The molecule has 0 aliphatic rings. The number of aliphatic hydroxyl groups is 1. The number of esters is 1. The molecule has 4 nitrogen and oxygen atoms in total. The first kappa shape index (κ1) is 22.8. The molecule has 0 radical (unpaired) electrons. The summed E-state index contributed by atoms with van der Waals surface area (Å²) >= 11 is 0. The van der Waals surface area contributed by atoms with E-state index in [0.29, 0.717) is 0 Å². The van der Waals surface area contributed by atoms with Gasteiger partial charge in [0.05, 0.1) is 25.8 Å². The Balaban J connectivity index is 3.12. The number of benzene rings is 1. The summed E-state index contributed by atoms with van der Waals surface area (Å²) in [5.41, 5.74) is 1.00. The zero-order chi connectivity index (χ0) is 20.1. The van der Waals surface area contributed by atoms with Gasteiger partial charge in [0.15, 0.2) is 6.10 Å². The van der Waals surface area contributed by atoms with E-state index in [9.17, 15) is 14.3 Å². The molecule has 2 unspecified atom stereocenters. The van der Waals surface area contributed by atoms with Gasteiger partial charge in [-0.1, -0.05) is 12.1 Å². The maximum atomic E-state index is 14.4. The second kappa shape index (κ2) is 9.62. The van der Waals surface area contributed by atoms with E-state index in [-0.39, 0.29) is 29.7 Å². The van der Waals surface area contributed by atoms with Gasteiger partial charge in [-0.05, 0) is 46.2 Å². The van der Waals surface area contributed by atoms with E-state index < -0.39 is 32.8 Å². The average Bonchev–Trinajstić information content (AvgIpc) is 2.54. The summed E-state index contributed by atoms with van der Waals surface area (Å²) in [6.45, 7) is 13.8. The van der Waals surface area contributed by atoms with Gasteiger partial charge in [0, 0.05) is 12.0 Å². The normalized spacial score (nSPS) is 14.2. The summed E-state index contributed by atoms with van der Waals surface area (Å²) in [6, 6.07) is 4.61. The topological polar surface area (TPSA) is 55.8 Å². The second-order valence-corrected chi connectivity index (χ2v) is 10.9. The third-order valence-electron chi connectivity index (χ3n) is 4.73. The van der Waals surface area contributed by atoms with Crippen molar-refractivity contribution >= 4 is 14.8 Å². The average molecular weight is 384 g/mol. The van der Waals surface area contributed by atoms with Crippen molar-refractivity contribution in [2.24, 2.45) is 0 Å². The van der Waals surface area contributed by atoms with Crippen LogP contribution < -0.4 is 0 Å². The summed E-state index contributed by atoms with van der Waals surface area (Å²) < 4.78 is 25.1. The third-order valence-corrected chi connectivity index (χ3v) is 7.59. The maximum absolute atomic E-state index is 14.4. The Hall–Kier alpha value is -1.24. The van der Waals surface area contributed by atoms with Crippen molar-refractivity contribution < 1.29 is 23.8 Å². The van der Waals surface area contributed by atoms with Crippen molar-refractivity contribution in [3.63, 3.8) is 0 Å². The van der Waals surface area contributed by atoms with Crippen molar-refractivity contribution in [3.8, 4) is 0 Å². The van der Waals surface area contributed by atoms with E-state index >= 15 is 0 Å². The molecular formula is C20H32FO4Si+. The minimum atomic E-state index is -0.904. The number of hydrogen-bond donors (Lipinski definition) is 1. The maximum Gasteiger partial charge on any atom is 0.335 e. The summed E-state index contributed by atoms with van der Waals surface area (Å²) in [7, 11) is -0.860. The molecule has 26 heavy (non-hydrogen) atoms. The van der Waals surface area contributed by atoms with Crippen LogP contribution in [0.1, 0.15) is 51.8 Å². The minimum Gasteiger partial charge on any atom is -0.464 e. The first-order chi connectivity index (χ1) is 12.0. The van der Waals surface area contributed by atoms with Crippen LogP contribution in [0, 0.1) is 5.82 Å². The highest BCUT2D eigenvalue weighted by Gasteiger charge is 2.45. The number of aliphatic hydroxyl groups excluding tert-OH is 1. The second-order valence-electron chi connectivity index (χ2n) is 7.61. The molecule has 0 fully saturated rings. The van der Waals surface area contributed by atoms with E-state index in [0.717, 1.165) is 5.56 Å². The summed E-state index contributed by atoms with van der Waals surface area (Å²) in [5.74, 6) is -0.865. The first-order valence-corrected chi connectivity index (χ1v) is 11.6. The molecule has 0 aliphatic carbocycles. The molecule has 1 N–H and O–H groups in total. The van der Waals surface area contributed by atoms with Crippen molar-refractivity contribution in [2.45, 2.75) is 77.5 Å². The molecular weight excluding hydrogens is 351 g/mol. The van der Waals surface area contributed by atoms with E-state index in [1.165, 1.54) is 6.07 Å². The Kier molecular flexibility index (Phi) is 8.44. The van der Waals surface area contributed by atoms with Crippen LogP contribution in [0.5, 0.6) is 0 Å². The fraction of sp³-hybridized carbons (Fsp3) is 0.650. The molecule has 1 rings (SSSR count). The number of hydrogen-bond acceptors (Lipinski definition) is 4. The lowest BCUT2D eigenvalue weighted by Gasteiger charge is -2.26. The fourth-order valence-corrected chi connectivity index (χ4v) is 3.26. The smallest absolute Gasteiger partial charge is 0.335 e. The summed E-state index contributed by atoms with van der Waals surface area (Å²) in [4.78, 5) is 12.2. The van der Waals surface area contributed by atoms with Crippen LogP contribution in [-0.4, -0.2) is 38.7 Å². The molecule has 0 heterocycles. The number of rotatable bonds is 9. The standard InChI is InChI=1S/C20H32FO4Si/c1-8-24-19(23)17(25-13(2)3)12-14-9-10-16(21)15(11-14)18(22)20(4,5)26(6)7/h9-11,13,17-18,22H,8,12H2,1-7H3/q+1. The van der Waals surface area contributed by atoms with Gasteiger partial charge in [-0.2, -0.15) is 0 Å². The molecule has 1 aromatic carbocycles. The van der Waals surface area contributed by atoms with E-state index in [1.54, 1.807) is 19.1 Å². The summed E-state index contributed by atoms with van der Waals surface area (Å²) in [6.07, 6.45) is -1.53. The van der Waals surface area contributed by atoms with Crippen LogP contribution in [0.2, 0.25) is 18.1 Å². The van der Waals surface area contributed by atoms with Crippen molar-refractivity contribution in [2.75, 3.05) is 6.61 Å². The molecule has 0 amide bonds. The van der Waals surface area contributed by atoms with Crippen LogP contribution in [0.4, 0.5) is 4.39 Å². The number of ether oxygens (including phenoxy) is 2. The Morgan fingerprint density at radius 1 is 1.31 bits per heavy atom. The quantitative estimate of drug-likeness (QED) is 0.510. The lowest BCUT2D eigenvalue weighted by Crippen LogP contribution is -2.31. The molecule has 0 saturated carbocycles. The van der Waals surface area contributed by atoms with Gasteiger partial charge in [-0.3, -0.25) is 0 Å². The molecule has 0 aliphatic heterocycles. The molecule has 2 atom stereocenters. The first-order valence-electron chi connectivity index (χ1n) is 9.09. The van der Waals surface area contributed by atoms with Crippen molar-refractivity contribution in [1.29, 1.82) is 0 Å². The molecule has 0 saturated heterocycles. The molecule has 0 spiro atoms. The third kappa shape index (κ3) is 5.89. The van der Waals surface area contributed by atoms with E-state index in [2.05, 4.69) is 13.1 Å². The minimum absolute atomic E-state index is 0.140. The Morgan fingerprint density at radius 3 is 2.42 bits per heavy atom. The molecule has 1 aromatic rings. The Morgan fingerprint density at radius 2 is 1.92 bits per heavy atom. The highest BCUT2D eigenvalue weighted by Crippen LogP contribution is 2.43. The molecule has 146 valence electrons. The summed E-state index contributed by atoms with van der Waals surface area (Å²) in [5, 5.41) is 10.4. The van der Waals surface area contributed by atoms with Crippen LogP contribution in [0.3, 0.4) is 0 Å². The van der Waals surface area contributed by atoms with E-state index in [1.807, 2.05) is 27.7 Å². The monoisotopic (exact) mass is 383 g/mol.